The van der Waals surface area contributed by atoms with Crippen molar-refractivity contribution < 1.29 is 22.7 Å². The number of hydrogen-bond donors (Lipinski definition) is 1. The number of nitrogens with two attached hydrogens (primary N) is 1. The molecule has 0 spiro atoms. The first-order valence-corrected chi connectivity index (χ1v) is 7.20. The van der Waals surface area contributed by atoms with E-state index in [9.17, 15) is 18.0 Å². The van der Waals surface area contributed by atoms with Crippen molar-refractivity contribution >= 4 is 5.97 Å². The Kier molecular flexibility index (Phi) is 6.30. The van der Waals surface area contributed by atoms with Gasteiger partial charge in [0.25, 0.3) is 0 Å². The lowest BCUT2D eigenvalue weighted by molar-refractivity contribution is -0.178. The Bertz CT molecular complexity index is 312. The largest absolute Gasteiger partial charge is 0.465 e. The van der Waals surface area contributed by atoms with Crippen LogP contribution in [0.5, 0.6) is 0 Å². The van der Waals surface area contributed by atoms with E-state index in [-0.39, 0.29) is 24.9 Å². The Morgan fingerprint density at radius 2 is 1.85 bits per heavy atom. The van der Waals surface area contributed by atoms with E-state index in [2.05, 4.69) is 0 Å². The minimum absolute atomic E-state index is 0.0909. The third-order valence-corrected chi connectivity index (χ3v) is 3.74. The summed E-state index contributed by atoms with van der Waals surface area (Å²) in [6, 6.07) is -2.14. The number of esters is 1. The van der Waals surface area contributed by atoms with Gasteiger partial charge in [0.15, 0.2) is 0 Å². The van der Waals surface area contributed by atoms with Crippen LogP contribution >= 0.6 is 0 Å². The Morgan fingerprint density at radius 1 is 1.30 bits per heavy atom. The molecule has 0 aliphatic heterocycles. The number of carbonyl (C=O) groups excluding carboxylic acids is 1. The maximum atomic E-state index is 12.8. The van der Waals surface area contributed by atoms with Crippen molar-refractivity contribution in [2.24, 2.45) is 23.5 Å². The van der Waals surface area contributed by atoms with Crippen LogP contribution in [0.15, 0.2) is 0 Å². The van der Waals surface area contributed by atoms with Gasteiger partial charge in [-0.05, 0) is 18.3 Å². The van der Waals surface area contributed by atoms with Gasteiger partial charge >= 0.3 is 12.1 Å². The van der Waals surface area contributed by atoms with Crippen LogP contribution < -0.4 is 5.73 Å². The predicted octanol–water partition coefficient (Wildman–Crippen LogP) is 3.27. The van der Waals surface area contributed by atoms with Gasteiger partial charge in [-0.2, -0.15) is 13.2 Å². The summed E-state index contributed by atoms with van der Waals surface area (Å²) >= 11 is 0. The van der Waals surface area contributed by atoms with Gasteiger partial charge in [0.2, 0.25) is 0 Å². The van der Waals surface area contributed by atoms with E-state index in [1.165, 1.54) is 0 Å². The van der Waals surface area contributed by atoms with Gasteiger partial charge < -0.3 is 10.5 Å². The molecule has 0 aromatic heterocycles. The quantitative estimate of drug-likeness (QED) is 0.765. The Balaban J connectivity index is 2.69. The number of alkyl halides is 3. The highest BCUT2D eigenvalue weighted by Gasteiger charge is 2.46. The molecule has 1 aliphatic rings. The average molecular weight is 295 g/mol. The fraction of sp³-hybridized carbons (Fsp3) is 0.929. The summed E-state index contributed by atoms with van der Waals surface area (Å²) in [6.45, 7) is 3.80. The molecule has 20 heavy (non-hydrogen) atoms. The number of carbonyl (C=O) groups is 1. The summed E-state index contributed by atoms with van der Waals surface area (Å²) in [5, 5.41) is 0. The van der Waals surface area contributed by atoms with Crippen LogP contribution in [-0.2, 0) is 9.53 Å². The van der Waals surface area contributed by atoms with Gasteiger partial charge in [-0.15, -0.1) is 0 Å². The van der Waals surface area contributed by atoms with Crippen molar-refractivity contribution in [3.8, 4) is 0 Å². The van der Waals surface area contributed by atoms with Gasteiger partial charge in [0.05, 0.1) is 12.5 Å². The van der Waals surface area contributed by atoms with Gasteiger partial charge in [0, 0.05) is 0 Å². The lowest BCUT2D eigenvalue weighted by Gasteiger charge is -2.26. The van der Waals surface area contributed by atoms with Crippen LogP contribution in [-0.4, -0.2) is 24.8 Å². The molecule has 0 radical (unpaired) electrons. The van der Waals surface area contributed by atoms with E-state index in [0.717, 1.165) is 25.7 Å². The molecule has 6 heteroatoms. The number of rotatable bonds is 6. The molecule has 1 fully saturated rings. The molecule has 1 rings (SSSR count). The summed E-state index contributed by atoms with van der Waals surface area (Å²) < 4.78 is 43.4. The van der Waals surface area contributed by atoms with Crippen LogP contribution in [0.3, 0.4) is 0 Å². The maximum absolute atomic E-state index is 12.8. The second-order valence-electron chi connectivity index (χ2n) is 6.08. The molecule has 0 bridgehead atoms. The fourth-order valence-corrected chi connectivity index (χ4v) is 2.58. The highest BCUT2D eigenvalue weighted by atomic mass is 19.4. The predicted molar refractivity (Wildman–Crippen MR) is 69.9 cm³/mol. The third kappa shape index (κ3) is 5.31. The highest BCUT2D eigenvalue weighted by Crippen LogP contribution is 2.35. The average Bonchev–Trinajstić information content (AvgIpc) is 2.83. The summed E-state index contributed by atoms with van der Waals surface area (Å²) in [5.41, 5.74) is 5.25. The molecule has 2 N–H and O–H groups in total. The Hall–Kier alpha value is -0.780. The lowest BCUT2D eigenvalue weighted by Crippen LogP contribution is -2.48. The molecule has 2 atom stereocenters. The topological polar surface area (TPSA) is 52.3 Å². The second-order valence-corrected chi connectivity index (χ2v) is 6.08. The van der Waals surface area contributed by atoms with E-state index in [4.69, 9.17) is 10.5 Å². The van der Waals surface area contributed by atoms with E-state index in [1.807, 2.05) is 13.8 Å². The molecule has 118 valence electrons. The molecular formula is C14H24F3NO2. The van der Waals surface area contributed by atoms with Crippen LogP contribution in [0.25, 0.3) is 0 Å². The molecule has 0 unspecified atom stereocenters. The van der Waals surface area contributed by atoms with Crippen molar-refractivity contribution in [1.29, 1.82) is 0 Å². The van der Waals surface area contributed by atoms with Crippen LogP contribution in [0.1, 0.15) is 46.0 Å². The molecule has 0 saturated heterocycles. The SMILES string of the molecule is CC(C)COC(=O)[C@@H](CC1CCCC1)[C@H](N)C(F)(F)F. The lowest BCUT2D eigenvalue weighted by atomic mass is 9.88. The molecule has 0 aromatic carbocycles. The van der Waals surface area contributed by atoms with Crippen molar-refractivity contribution in [3.63, 3.8) is 0 Å². The number of hydrogen-bond acceptors (Lipinski definition) is 3. The van der Waals surface area contributed by atoms with E-state index in [1.54, 1.807) is 0 Å². The van der Waals surface area contributed by atoms with E-state index >= 15 is 0 Å². The van der Waals surface area contributed by atoms with E-state index < -0.39 is 24.1 Å². The summed E-state index contributed by atoms with van der Waals surface area (Å²) in [6.07, 6.45) is -0.617. The minimum atomic E-state index is -4.57. The molecule has 0 aromatic rings. The normalized spacial score (nSPS) is 20.1. The Morgan fingerprint density at radius 3 is 2.30 bits per heavy atom. The molecule has 0 amide bonds. The molecule has 3 nitrogen and oxygen atoms in total. The zero-order chi connectivity index (χ0) is 15.3. The first-order chi connectivity index (χ1) is 9.21. The highest BCUT2D eigenvalue weighted by molar-refractivity contribution is 5.73. The monoisotopic (exact) mass is 295 g/mol. The minimum Gasteiger partial charge on any atom is -0.465 e. The molecule has 0 heterocycles. The number of halogens is 3. The summed E-state index contributed by atoms with van der Waals surface area (Å²) in [7, 11) is 0. The van der Waals surface area contributed by atoms with Crippen molar-refractivity contribution in [3.05, 3.63) is 0 Å². The van der Waals surface area contributed by atoms with Crippen LogP contribution in [0.4, 0.5) is 13.2 Å². The van der Waals surface area contributed by atoms with Gasteiger partial charge in [-0.1, -0.05) is 39.5 Å². The first-order valence-electron chi connectivity index (χ1n) is 7.20. The molecule has 1 saturated carbocycles. The van der Waals surface area contributed by atoms with Gasteiger partial charge in [-0.3, -0.25) is 4.79 Å². The van der Waals surface area contributed by atoms with Crippen LogP contribution in [0.2, 0.25) is 0 Å². The number of ether oxygens (including phenoxy) is 1. The summed E-state index contributed by atoms with van der Waals surface area (Å²) in [4.78, 5) is 11.9. The van der Waals surface area contributed by atoms with E-state index in [0.29, 0.717) is 0 Å². The third-order valence-electron chi connectivity index (χ3n) is 3.74. The van der Waals surface area contributed by atoms with Crippen molar-refractivity contribution in [1.82, 2.24) is 0 Å². The smallest absolute Gasteiger partial charge is 0.404 e. The fourth-order valence-electron chi connectivity index (χ4n) is 2.58. The molecule has 1 aliphatic carbocycles. The standard InChI is InChI=1S/C14H24F3NO2/c1-9(2)8-20-13(19)11(12(18)14(15,16)17)7-10-5-3-4-6-10/h9-12H,3-8,18H2,1-2H3/t11-,12-/m0/s1. The maximum Gasteiger partial charge on any atom is 0.404 e. The second kappa shape index (κ2) is 7.29. The van der Waals surface area contributed by atoms with Gasteiger partial charge in [-0.25, -0.2) is 0 Å². The molecular weight excluding hydrogens is 271 g/mol. The zero-order valence-corrected chi connectivity index (χ0v) is 12.1. The van der Waals surface area contributed by atoms with Crippen molar-refractivity contribution in [2.45, 2.75) is 58.2 Å². The zero-order valence-electron chi connectivity index (χ0n) is 12.1. The Labute approximate surface area is 118 Å². The van der Waals surface area contributed by atoms with Crippen LogP contribution in [0, 0.1) is 17.8 Å². The van der Waals surface area contributed by atoms with Crippen molar-refractivity contribution in [2.75, 3.05) is 6.61 Å². The summed E-state index contributed by atoms with van der Waals surface area (Å²) in [5.74, 6) is -1.85. The van der Waals surface area contributed by atoms with Gasteiger partial charge in [0.1, 0.15) is 6.04 Å². The first kappa shape index (κ1) is 17.3.